The number of carbonyl (C=O) groups is 2. The molecule has 0 aliphatic carbocycles. The third-order valence-electron chi connectivity index (χ3n) is 4.66. The zero-order chi connectivity index (χ0) is 23.8. The molecule has 3 aromatic rings. The highest BCUT2D eigenvalue weighted by Crippen LogP contribution is 2.28. The Hall–Kier alpha value is -3.37. The number of ether oxygens (including phenoxy) is 2. The number of aromatic amines is 1. The van der Waals surface area contributed by atoms with E-state index in [1.807, 2.05) is 0 Å². The number of hydrogen-bond acceptors (Lipinski definition) is 6. The molecule has 33 heavy (non-hydrogen) atoms. The quantitative estimate of drug-likeness (QED) is 0.239. The molecule has 0 bridgehead atoms. The first kappa shape index (κ1) is 24.3. The van der Waals surface area contributed by atoms with Gasteiger partial charge in [-0.1, -0.05) is 24.9 Å². The second kappa shape index (κ2) is 11.5. The van der Waals surface area contributed by atoms with E-state index in [-0.39, 0.29) is 11.3 Å². The van der Waals surface area contributed by atoms with Crippen molar-refractivity contribution < 1.29 is 19.1 Å². The normalized spacial score (nSPS) is 10.5. The highest BCUT2D eigenvalue weighted by molar-refractivity contribution is 7.71. The summed E-state index contributed by atoms with van der Waals surface area (Å²) in [6, 6.07) is 11.8. The molecular weight excluding hydrogens is 466 g/mol. The van der Waals surface area contributed by atoms with Crippen molar-refractivity contribution in [3.63, 3.8) is 0 Å². The number of unbranched alkanes of at least 4 members (excludes halogenated alkanes) is 1. The van der Waals surface area contributed by atoms with Gasteiger partial charge < -0.3 is 9.47 Å². The molecule has 0 radical (unpaired) electrons. The summed E-state index contributed by atoms with van der Waals surface area (Å²) in [4.78, 5) is 25.0. The van der Waals surface area contributed by atoms with E-state index in [1.54, 1.807) is 42.5 Å². The lowest BCUT2D eigenvalue weighted by Gasteiger charge is -2.13. The molecule has 2 amide bonds. The van der Waals surface area contributed by atoms with Gasteiger partial charge in [0.05, 0.1) is 13.7 Å². The number of carbonyl (C=O) groups excluding carboxylic acids is 2. The smallest absolute Gasteiger partial charge is 0.269 e. The molecular formula is C22H24ClN5O4S. The third-order valence-corrected chi connectivity index (χ3v) is 5.22. The van der Waals surface area contributed by atoms with Crippen LogP contribution >= 0.6 is 23.8 Å². The van der Waals surface area contributed by atoms with E-state index in [0.717, 1.165) is 18.4 Å². The van der Waals surface area contributed by atoms with Crippen molar-refractivity contribution in [3.05, 3.63) is 57.8 Å². The Kier molecular flexibility index (Phi) is 8.45. The van der Waals surface area contributed by atoms with Gasteiger partial charge in [0.1, 0.15) is 6.54 Å². The van der Waals surface area contributed by atoms with Gasteiger partial charge >= 0.3 is 0 Å². The Morgan fingerprint density at radius 3 is 2.61 bits per heavy atom. The zero-order valence-corrected chi connectivity index (χ0v) is 19.8. The van der Waals surface area contributed by atoms with Crippen LogP contribution in [0.2, 0.25) is 5.02 Å². The summed E-state index contributed by atoms with van der Waals surface area (Å²) >= 11 is 11.2. The number of nitrogens with zero attached hydrogens (tertiary/aromatic N) is 2. The number of hydrogen-bond donors (Lipinski definition) is 3. The average Bonchev–Trinajstić information content (AvgIpc) is 3.18. The summed E-state index contributed by atoms with van der Waals surface area (Å²) in [5, 5.41) is 7.43. The minimum absolute atomic E-state index is 0.152. The Balaban J connectivity index is 1.62. The van der Waals surface area contributed by atoms with Crippen LogP contribution in [-0.4, -0.2) is 40.3 Å². The van der Waals surface area contributed by atoms with Crippen molar-refractivity contribution in [2.75, 3.05) is 13.7 Å². The molecule has 3 rings (SSSR count). The van der Waals surface area contributed by atoms with Crippen LogP contribution in [0.3, 0.4) is 0 Å². The van der Waals surface area contributed by atoms with Gasteiger partial charge in [-0.25, -0.2) is 0 Å². The Bertz CT molecular complexity index is 1180. The Morgan fingerprint density at radius 2 is 1.91 bits per heavy atom. The lowest BCUT2D eigenvalue weighted by molar-refractivity contribution is -0.122. The highest BCUT2D eigenvalue weighted by Gasteiger charge is 2.15. The molecule has 1 heterocycles. The van der Waals surface area contributed by atoms with Crippen LogP contribution in [0.25, 0.3) is 11.4 Å². The molecule has 0 fully saturated rings. The molecule has 2 aromatic carbocycles. The van der Waals surface area contributed by atoms with Crippen molar-refractivity contribution in [1.29, 1.82) is 0 Å². The Morgan fingerprint density at radius 1 is 1.15 bits per heavy atom. The van der Waals surface area contributed by atoms with Crippen molar-refractivity contribution in [2.24, 2.45) is 0 Å². The molecule has 0 saturated heterocycles. The molecule has 0 atom stereocenters. The minimum atomic E-state index is -0.504. The molecule has 0 spiro atoms. The summed E-state index contributed by atoms with van der Waals surface area (Å²) in [5.74, 6) is 0.470. The first-order valence-electron chi connectivity index (χ1n) is 10.2. The number of aromatic nitrogens is 3. The minimum Gasteiger partial charge on any atom is -0.493 e. The second-order valence-corrected chi connectivity index (χ2v) is 7.84. The standard InChI is InChI=1S/C22H24ClN5O4S/c1-3-4-11-32-17-10-7-15(12-18(17)31-2)21(30)26-24-19(29)13-28-20(25-27-22(28)33)14-5-8-16(23)9-6-14/h5-10,12H,3-4,11,13H2,1-2H3,(H,24,29)(H,26,30)(H,27,33). The van der Waals surface area contributed by atoms with Gasteiger partial charge in [-0.3, -0.25) is 30.1 Å². The summed E-state index contributed by atoms with van der Waals surface area (Å²) in [5.41, 5.74) is 5.81. The number of methoxy groups -OCH3 is 1. The van der Waals surface area contributed by atoms with Crippen molar-refractivity contribution in [1.82, 2.24) is 25.6 Å². The van der Waals surface area contributed by atoms with Gasteiger partial charge in [0.15, 0.2) is 22.1 Å². The van der Waals surface area contributed by atoms with E-state index >= 15 is 0 Å². The number of benzene rings is 2. The summed E-state index contributed by atoms with van der Waals surface area (Å²) in [6.07, 6.45) is 1.92. The first-order valence-corrected chi connectivity index (χ1v) is 11.0. The van der Waals surface area contributed by atoms with Crippen LogP contribution in [0.5, 0.6) is 11.5 Å². The summed E-state index contributed by atoms with van der Waals surface area (Å²) in [7, 11) is 1.50. The topological polar surface area (TPSA) is 110 Å². The SMILES string of the molecule is CCCCOc1ccc(C(=O)NNC(=O)Cn2c(-c3ccc(Cl)cc3)n[nH]c2=S)cc1OC. The fraction of sp³-hybridized carbons (Fsp3) is 0.273. The van der Waals surface area contributed by atoms with Crippen LogP contribution in [0, 0.1) is 4.77 Å². The number of rotatable bonds is 9. The second-order valence-electron chi connectivity index (χ2n) is 7.02. The van der Waals surface area contributed by atoms with Crippen LogP contribution in [0.1, 0.15) is 30.1 Å². The lowest BCUT2D eigenvalue weighted by atomic mass is 10.2. The number of nitrogens with one attached hydrogen (secondary N) is 3. The summed E-state index contributed by atoms with van der Waals surface area (Å²) in [6.45, 7) is 2.48. The van der Waals surface area contributed by atoms with Gasteiger partial charge in [0, 0.05) is 16.1 Å². The first-order chi connectivity index (χ1) is 15.9. The predicted molar refractivity (Wildman–Crippen MR) is 127 cm³/mol. The highest BCUT2D eigenvalue weighted by atomic mass is 35.5. The lowest BCUT2D eigenvalue weighted by Crippen LogP contribution is -2.43. The maximum Gasteiger partial charge on any atom is 0.269 e. The number of halogens is 1. The predicted octanol–water partition coefficient (Wildman–Crippen LogP) is 3.91. The van der Waals surface area contributed by atoms with Gasteiger partial charge in [0.2, 0.25) is 0 Å². The van der Waals surface area contributed by atoms with Crippen LogP contribution in [-0.2, 0) is 11.3 Å². The van der Waals surface area contributed by atoms with Crippen molar-refractivity contribution in [2.45, 2.75) is 26.3 Å². The van der Waals surface area contributed by atoms with Crippen molar-refractivity contribution >= 4 is 35.6 Å². The fourth-order valence-corrected chi connectivity index (χ4v) is 3.24. The molecule has 0 aliphatic heterocycles. The van der Waals surface area contributed by atoms with Crippen molar-refractivity contribution in [3.8, 4) is 22.9 Å². The molecule has 9 nitrogen and oxygen atoms in total. The number of H-pyrrole nitrogens is 1. The van der Waals surface area contributed by atoms with E-state index < -0.39 is 11.8 Å². The largest absolute Gasteiger partial charge is 0.493 e. The van der Waals surface area contributed by atoms with Crippen LogP contribution in [0.15, 0.2) is 42.5 Å². The number of amides is 2. The van der Waals surface area contributed by atoms with E-state index in [4.69, 9.17) is 33.3 Å². The van der Waals surface area contributed by atoms with Gasteiger partial charge in [-0.2, -0.15) is 5.10 Å². The van der Waals surface area contributed by atoms with Crippen LogP contribution < -0.4 is 20.3 Å². The number of hydrazine groups is 1. The van der Waals surface area contributed by atoms with Gasteiger partial charge in [-0.05, 0) is 61.1 Å². The monoisotopic (exact) mass is 489 g/mol. The third kappa shape index (κ3) is 6.33. The Labute approximate surface area is 201 Å². The molecule has 11 heteroatoms. The average molecular weight is 490 g/mol. The van der Waals surface area contributed by atoms with E-state index in [1.165, 1.54) is 11.7 Å². The maximum absolute atomic E-state index is 12.5. The van der Waals surface area contributed by atoms with Gasteiger partial charge in [0.25, 0.3) is 11.8 Å². The molecule has 3 N–H and O–H groups in total. The van der Waals surface area contributed by atoms with Gasteiger partial charge in [-0.15, -0.1) is 0 Å². The van der Waals surface area contributed by atoms with Crippen LogP contribution in [0.4, 0.5) is 0 Å². The molecule has 0 saturated carbocycles. The zero-order valence-electron chi connectivity index (χ0n) is 18.2. The summed E-state index contributed by atoms with van der Waals surface area (Å²) < 4.78 is 12.8. The molecule has 0 aliphatic rings. The fourth-order valence-electron chi connectivity index (χ4n) is 2.92. The maximum atomic E-state index is 12.5. The van der Waals surface area contributed by atoms with E-state index in [0.29, 0.717) is 34.5 Å². The molecule has 1 aromatic heterocycles. The molecule has 0 unspecified atom stereocenters. The molecule has 174 valence electrons. The van der Waals surface area contributed by atoms with E-state index in [9.17, 15) is 9.59 Å². The van der Waals surface area contributed by atoms with E-state index in [2.05, 4.69) is 28.0 Å².